The van der Waals surface area contributed by atoms with Gasteiger partial charge in [0.15, 0.2) is 0 Å². The Balaban J connectivity index is 1.41. The standard InChI is InChI=1S/C29H32ClN3O4/c1-3-18-4-8-23(14-18)37-29(35)33-13-12-24-25-15-20(30)7-11-26(25)32-27(24)28(33)19-5-9-22(10-6-19)36-17-21(34)16-31-2/h3-5,7-11,14-15,18-19,21,28,31-32,34H,1,6,12-13,16-17H2,2H3. The molecule has 4 atom stereocenters. The minimum atomic E-state index is -0.582. The van der Waals surface area contributed by atoms with Crippen LogP contribution in [0.15, 0.2) is 78.8 Å². The number of amides is 1. The molecule has 3 N–H and O–H groups in total. The predicted octanol–water partition coefficient (Wildman–Crippen LogP) is 5.17. The monoisotopic (exact) mass is 521 g/mol. The zero-order valence-corrected chi connectivity index (χ0v) is 21.6. The van der Waals surface area contributed by atoms with Crippen LogP contribution in [0.1, 0.15) is 23.7 Å². The van der Waals surface area contributed by atoms with E-state index < -0.39 is 6.10 Å². The molecule has 5 rings (SSSR count). The molecule has 8 heteroatoms. The van der Waals surface area contributed by atoms with Crippen LogP contribution in [-0.4, -0.2) is 53.9 Å². The average molecular weight is 522 g/mol. The minimum Gasteiger partial charge on any atom is -0.491 e. The zero-order chi connectivity index (χ0) is 25.9. The van der Waals surface area contributed by atoms with Gasteiger partial charge in [-0.15, -0.1) is 6.58 Å². The quantitative estimate of drug-likeness (QED) is 0.417. The average Bonchev–Trinajstić information content (AvgIpc) is 3.51. The molecule has 1 aliphatic heterocycles. The first-order valence-corrected chi connectivity index (χ1v) is 13.0. The molecule has 37 heavy (non-hydrogen) atoms. The summed E-state index contributed by atoms with van der Waals surface area (Å²) < 4.78 is 11.6. The number of likely N-dealkylation sites (N-methyl/N-ethyl adjacent to an activating group) is 1. The van der Waals surface area contributed by atoms with Crippen LogP contribution < -0.4 is 5.32 Å². The molecule has 194 valence electrons. The number of carbonyl (C=O) groups excluding carboxylic acids is 1. The van der Waals surface area contributed by atoms with Gasteiger partial charge in [-0.05, 0) is 68.0 Å². The Morgan fingerprint density at radius 3 is 2.92 bits per heavy atom. The number of ether oxygens (including phenoxy) is 2. The van der Waals surface area contributed by atoms with E-state index in [0.29, 0.717) is 36.7 Å². The van der Waals surface area contributed by atoms with Crippen molar-refractivity contribution in [1.82, 2.24) is 15.2 Å². The van der Waals surface area contributed by atoms with Gasteiger partial charge in [0, 0.05) is 46.5 Å². The summed E-state index contributed by atoms with van der Waals surface area (Å²) >= 11 is 6.32. The van der Waals surface area contributed by atoms with Gasteiger partial charge in [-0.1, -0.05) is 29.8 Å². The molecule has 2 aliphatic carbocycles. The molecule has 0 saturated heterocycles. The van der Waals surface area contributed by atoms with Crippen molar-refractivity contribution >= 4 is 28.6 Å². The number of allylic oxidation sites excluding steroid dienone is 6. The number of benzene rings is 1. The van der Waals surface area contributed by atoms with Gasteiger partial charge < -0.3 is 24.9 Å². The largest absolute Gasteiger partial charge is 0.491 e. The second kappa shape index (κ2) is 11.0. The Morgan fingerprint density at radius 1 is 1.35 bits per heavy atom. The van der Waals surface area contributed by atoms with Crippen molar-refractivity contribution in [3.05, 3.63) is 95.1 Å². The Bertz CT molecular complexity index is 1310. The Hall–Kier alpha value is -3.26. The number of carbonyl (C=O) groups is 1. The highest BCUT2D eigenvalue weighted by Gasteiger charge is 2.39. The molecule has 3 aliphatic rings. The molecule has 1 amide bonds. The summed E-state index contributed by atoms with van der Waals surface area (Å²) in [5.74, 6) is 1.34. The lowest BCUT2D eigenvalue weighted by Crippen LogP contribution is -2.43. The summed E-state index contributed by atoms with van der Waals surface area (Å²) in [6.45, 7) is 5.02. The smallest absolute Gasteiger partial charge is 0.415 e. The van der Waals surface area contributed by atoms with Crippen LogP contribution >= 0.6 is 11.6 Å². The summed E-state index contributed by atoms with van der Waals surface area (Å²) in [5.41, 5.74) is 3.20. The maximum absolute atomic E-state index is 13.5. The summed E-state index contributed by atoms with van der Waals surface area (Å²) in [6.07, 6.45) is 13.9. The Kier molecular flexibility index (Phi) is 7.55. The fourth-order valence-corrected chi connectivity index (χ4v) is 5.44. The first kappa shape index (κ1) is 25.4. The van der Waals surface area contributed by atoms with E-state index in [0.717, 1.165) is 22.4 Å². The molecular weight excluding hydrogens is 490 g/mol. The summed E-state index contributed by atoms with van der Waals surface area (Å²) in [5, 5.41) is 14.7. The number of aromatic amines is 1. The van der Waals surface area contributed by atoms with E-state index in [1.807, 2.05) is 53.5 Å². The number of fused-ring (bicyclic) bond motifs is 3. The third kappa shape index (κ3) is 5.39. The Morgan fingerprint density at radius 2 is 2.19 bits per heavy atom. The number of aliphatic hydroxyl groups is 1. The first-order valence-electron chi connectivity index (χ1n) is 12.6. The summed E-state index contributed by atoms with van der Waals surface area (Å²) in [6, 6.07) is 5.60. The fraction of sp³-hybridized carbons (Fsp3) is 0.345. The molecule has 0 radical (unpaired) electrons. The number of rotatable bonds is 8. The molecule has 1 aromatic carbocycles. The molecule has 0 spiro atoms. The van der Waals surface area contributed by atoms with Gasteiger partial charge in [0.05, 0.1) is 6.04 Å². The number of hydrogen-bond acceptors (Lipinski definition) is 5. The van der Waals surface area contributed by atoms with E-state index in [2.05, 4.69) is 23.0 Å². The molecule has 2 aromatic rings. The van der Waals surface area contributed by atoms with Crippen LogP contribution in [0.3, 0.4) is 0 Å². The van der Waals surface area contributed by atoms with Crippen molar-refractivity contribution in [1.29, 1.82) is 0 Å². The molecule has 0 saturated carbocycles. The molecule has 1 aromatic heterocycles. The topological polar surface area (TPSA) is 86.8 Å². The van der Waals surface area contributed by atoms with E-state index in [1.165, 1.54) is 5.56 Å². The number of nitrogens with one attached hydrogen (secondary N) is 2. The Labute approximate surface area is 221 Å². The number of H-pyrrole nitrogens is 1. The predicted molar refractivity (Wildman–Crippen MR) is 145 cm³/mol. The van der Waals surface area contributed by atoms with Gasteiger partial charge in [0.1, 0.15) is 24.2 Å². The molecule has 0 fully saturated rings. The van der Waals surface area contributed by atoms with Crippen molar-refractivity contribution in [3.63, 3.8) is 0 Å². The number of aliphatic hydroxyl groups excluding tert-OH is 1. The third-order valence-corrected chi connectivity index (χ3v) is 7.31. The lowest BCUT2D eigenvalue weighted by molar-refractivity contribution is 0.0744. The van der Waals surface area contributed by atoms with E-state index in [9.17, 15) is 9.90 Å². The highest BCUT2D eigenvalue weighted by molar-refractivity contribution is 6.31. The maximum atomic E-state index is 13.5. The number of halogens is 1. The third-order valence-electron chi connectivity index (χ3n) is 7.07. The number of hydrogen-bond donors (Lipinski definition) is 3. The van der Waals surface area contributed by atoms with E-state index >= 15 is 0 Å². The highest BCUT2D eigenvalue weighted by Crippen LogP contribution is 2.42. The molecule has 0 bridgehead atoms. The number of aromatic nitrogens is 1. The minimum absolute atomic E-state index is 0.0127. The molecule has 2 heterocycles. The van der Waals surface area contributed by atoms with E-state index in [-0.39, 0.29) is 30.6 Å². The van der Waals surface area contributed by atoms with Gasteiger partial charge in [0.2, 0.25) is 0 Å². The van der Waals surface area contributed by atoms with Gasteiger partial charge in [-0.2, -0.15) is 0 Å². The van der Waals surface area contributed by atoms with Crippen LogP contribution in [-0.2, 0) is 15.9 Å². The van der Waals surface area contributed by atoms with Crippen LogP contribution in [0.5, 0.6) is 0 Å². The van der Waals surface area contributed by atoms with Crippen LogP contribution in [0.2, 0.25) is 5.02 Å². The second-order valence-electron chi connectivity index (χ2n) is 9.59. The summed E-state index contributed by atoms with van der Waals surface area (Å²) in [4.78, 5) is 18.8. The van der Waals surface area contributed by atoms with Crippen LogP contribution in [0, 0.1) is 11.8 Å². The lowest BCUT2D eigenvalue weighted by atomic mass is 9.84. The van der Waals surface area contributed by atoms with E-state index in [1.54, 1.807) is 13.1 Å². The lowest BCUT2D eigenvalue weighted by Gasteiger charge is -2.39. The van der Waals surface area contributed by atoms with Crippen LogP contribution in [0.25, 0.3) is 10.9 Å². The van der Waals surface area contributed by atoms with Crippen LogP contribution in [0.4, 0.5) is 4.79 Å². The second-order valence-corrected chi connectivity index (χ2v) is 10.0. The highest BCUT2D eigenvalue weighted by atomic mass is 35.5. The molecule has 4 unspecified atom stereocenters. The van der Waals surface area contributed by atoms with Crippen molar-refractivity contribution in [2.24, 2.45) is 11.8 Å². The van der Waals surface area contributed by atoms with Crippen molar-refractivity contribution in [2.45, 2.75) is 25.0 Å². The fourth-order valence-electron chi connectivity index (χ4n) is 5.27. The first-order chi connectivity index (χ1) is 18.0. The van der Waals surface area contributed by atoms with E-state index in [4.69, 9.17) is 21.1 Å². The van der Waals surface area contributed by atoms with Crippen molar-refractivity contribution in [3.8, 4) is 0 Å². The van der Waals surface area contributed by atoms with Crippen molar-refractivity contribution < 1.29 is 19.4 Å². The SMILES string of the molecule is C=CC1C=CC(OC(=O)N2CCc3c([nH]c4ccc(Cl)cc34)C2C2C=CC(OCC(O)CNC)=CC2)=C1. The molecule has 7 nitrogen and oxygen atoms in total. The van der Waals surface area contributed by atoms with Gasteiger partial charge in [-0.25, -0.2) is 4.79 Å². The maximum Gasteiger partial charge on any atom is 0.415 e. The number of nitrogens with zero attached hydrogens (tertiary/aromatic N) is 1. The summed E-state index contributed by atoms with van der Waals surface area (Å²) in [7, 11) is 1.79. The molecular formula is C29H32ClN3O4. The normalized spacial score (nSPS) is 23.4. The zero-order valence-electron chi connectivity index (χ0n) is 20.8. The van der Waals surface area contributed by atoms with Gasteiger partial charge in [-0.3, -0.25) is 4.90 Å². The van der Waals surface area contributed by atoms with Crippen molar-refractivity contribution in [2.75, 3.05) is 26.7 Å². The van der Waals surface area contributed by atoms with Gasteiger partial charge in [0.25, 0.3) is 0 Å². The van der Waals surface area contributed by atoms with Gasteiger partial charge >= 0.3 is 6.09 Å².